The van der Waals surface area contributed by atoms with E-state index in [-0.39, 0.29) is 0 Å². The second-order valence-electron chi connectivity index (χ2n) is 6.42. The van der Waals surface area contributed by atoms with Gasteiger partial charge in [-0.05, 0) is 55.8 Å². The first-order chi connectivity index (χ1) is 12.3. The first-order valence-corrected chi connectivity index (χ1v) is 8.69. The van der Waals surface area contributed by atoms with Crippen molar-refractivity contribution in [2.45, 2.75) is 18.9 Å². The Labute approximate surface area is 147 Å². The smallest absolute Gasteiger partial charge is 0.130 e. The topological polar surface area (TPSA) is 66.7 Å². The van der Waals surface area contributed by atoms with E-state index >= 15 is 0 Å². The average molecular weight is 337 g/mol. The first kappa shape index (κ1) is 15.8. The Bertz CT molecular complexity index is 725. The van der Waals surface area contributed by atoms with Crippen molar-refractivity contribution in [2.75, 3.05) is 24.7 Å². The van der Waals surface area contributed by atoms with E-state index in [2.05, 4.69) is 26.3 Å². The van der Waals surface area contributed by atoms with Crippen LogP contribution in [-0.2, 0) is 0 Å². The van der Waals surface area contributed by atoms with Crippen LogP contribution in [0.3, 0.4) is 0 Å². The molecule has 0 aliphatic carbocycles. The molecule has 130 valence electrons. The standard InChI is InChI=1S/C19H23N5O/c20-19-13-23(16-2-1-9-22-12-16)14-24(19)15-3-5-17(6-4-15)25-18-7-10-21-11-8-18/h3-8,10-11,13,16,22H,1-2,9,12,14,20H2/t16-/m1/s1. The normalized spacial score (nSPS) is 20.5. The third-order valence-electron chi connectivity index (χ3n) is 4.69. The van der Waals surface area contributed by atoms with Gasteiger partial charge in [0.1, 0.15) is 17.3 Å². The van der Waals surface area contributed by atoms with Crippen molar-refractivity contribution in [3.05, 3.63) is 60.8 Å². The highest BCUT2D eigenvalue weighted by Gasteiger charge is 2.26. The molecule has 6 nitrogen and oxygen atoms in total. The number of ether oxygens (including phenoxy) is 1. The Morgan fingerprint density at radius 3 is 2.56 bits per heavy atom. The summed E-state index contributed by atoms with van der Waals surface area (Å²) in [7, 11) is 0. The van der Waals surface area contributed by atoms with Gasteiger partial charge in [-0.15, -0.1) is 0 Å². The largest absolute Gasteiger partial charge is 0.457 e. The highest BCUT2D eigenvalue weighted by molar-refractivity contribution is 5.55. The van der Waals surface area contributed by atoms with Gasteiger partial charge in [-0.25, -0.2) is 0 Å². The number of nitrogens with zero attached hydrogens (tertiary/aromatic N) is 3. The zero-order valence-electron chi connectivity index (χ0n) is 14.1. The van der Waals surface area contributed by atoms with E-state index in [1.54, 1.807) is 12.4 Å². The molecule has 0 unspecified atom stereocenters. The van der Waals surface area contributed by atoms with Crippen molar-refractivity contribution in [1.29, 1.82) is 0 Å². The van der Waals surface area contributed by atoms with Gasteiger partial charge in [0.05, 0.1) is 6.67 Å². The van der Waals surface area contributed by atoms with Gasteiger partial charge >= 0.3 is 0 Å². The lowest BCUT2D eigenvalue weighted by atomic mass is 10.1. The molecular formula is C19H23N5O. The van der Waals surface area contributed by atoms with Crippen LogP contribution in [0.4, 0.5) is 5.69 Å². The number of piperidine rings is 1. The lowest BCUT2D eigenvalue weighted by molar-refractivity contribution is 0.245. The monoisotopic (exact) mass is 337 g/mol. The summed E-state index contributed by atoms with van der Waals surface area (Å²) in [5, 5.41) is 3.46. The Morgan fingerprint density at radius 1 is 1.08 bits per heavy atom. The van der Waals surface area contributed by atoms with Crippen LogP contribution in [0.25, 0.3) is 0 Å². The summed E-state index contributed by atoms with van der Waals surface area (Å²) in [4.78, 5) is 8.46. The molecule has 1 saturated heterocycles. The van der Waals surface area contributed by atoms with Crippen LogP contribution in [-0.4, -0.2) is 35.7 Å². The zero-order chi connectivity index (χ0) is 17.1. The number of aromatic nitrogens is 1. The van der Waals surface area contributed by atoms with Crippen LogP contribution in [0, 0.1) is 0 Å². The maximum absolute atomic E-state index is 6.26. The Hall–Kier alpha value is -2.73. The molecule has 1 aromatic heterocycles. The van der Waals surface area contributed by atoms with E-state index in [0.29, 0.717) is 6.04 Å². The molecule has 1 aromatic carbocycles. The minimum atomic E-state index is 0.520. The predicted molar refractivity (Wildman–Crippen MR) is 98.1 cm³/mol. The van der Waals surface area contributed by atoms with Crippen LogP contribution in [0.15, 0.2) is 60.8 Å². The van der Waals surface area contributed by atoms with Gasteiger partial charge < -0.3 is 25.6 Å². The quantitative estimate of drug-likeness (QED) is 0.893. The van der Waals surface area contributed by atoms with Crippen molar-refractivity contribution in [2.24, 2.45) is 5.73 Å². The van der Waals surface area contributed by atoms with Gasteiger partial charge in [-0.3, -0.25) is 4.98 Å². The molecule has 25 heavy (non-hydrogen) atoms. The lowest BCUT2D eigenvalue weighted by Gasteiger charge is -2.32. The Kier molecular flexibility index (Phi) is 4.43. The zero-order valence-corrected chi connectivity index (χ0v) is 14.1. The summed E-state index contributed by atoms with van der Waals surface area (Å²) < 4.78 is 5.82. The fraction of sp³-hybridized carbons (Fsp3) is 0.316. The van der Waals surface area contributed by atoms with Gasteiger partial charge in [-0.2, -0.15) is 0 Å². The van der Waals surface area contributed by atoms with Crippen molar-refractivity contribution in [1.82, 2.24) is 15.2 Å². The number of anilines is 1. The summed E-state index contributed by atoms with van der Waals surface area (Å²) in [6, 6.07) is 12.2. The maximum atomic E-state index is 6.26. The SMILES string of the molecule is NC1=CN([C@@H]2CCCNC2)CN1c1ccc(Oc2ccncc2)cc1. The van der Waals surface area contributed by atoms with E-state index in [9.17, 15) is 0 Å². The fourth-order valence-corrected chi connectivity index (χ4v) is 3.33. The molecule has 1 fully saturated rings. The third-order valence-corrected chi connectivity index (χ3v) is 4.69. The molecule has 0 bridgehead atoms. The van der Waals surface area contributed by atoms with Gasteiger partial charge in [0, 0.05) is 36.9 Å². The second-order valence-corrected chi connectivity index (χ2v) is 6.42. The van der Waals surface area contributed by atoms with E-state index < -0.39 is 0 Å². The average Bonchev–Trinajstić information content (AvgIpc) is 3.06. The number of benzene rings is 1. The maximum Gasteiger partial charge on any atom is 0.130 e. The van der Waals surface area contributed by atoms with Crippen LogP contribution >= 0.6 is 0 Å². The molecule has 1 atom stereocenters. The molecule has 0 saturated carbocycles. The minimum absolute atomic E-state index is 0.520. The summed E-state index contributed by atoms with van der Waals surface area (Å²) >= 11 is 0. The molecule has 6 heteroatoms. The molecule has 3 heterocycles. The van der Waals surface area contributed by atoms with Gasteiger partial charge in [-0.1, -0.05) is 0 Å². The molecule has 2 aromatic rings. The van der Waals surface area contributed by atoms with Crippen LogP contribution in [0.1, 0.15) is 12.8 Å². The lowest BCUT2D eigenvalue weighted by Crippen LogP contribution is -2.44. The summed E-state index contributed by atoms with van der Waals surface area (Å²) in [6.45, 7) is 2.94. The number of hydrogen-bond donors (Lipinski definition) is 2. The number of pyridine rings is 1. The summed E-state index contributed by atoms with van der Waals surface area (Å²) in [6.07, 6.45) is 7.93. The van der Waals surface area contributed by atoms with Gasteiger partial charge in [0.15, 0.2) is 0 Å². The molecule has 2 aliphatic rings. The second kappa shape index (κ2) is 7.03. The molecular weight excluding hydrogens is 314 g/mol. The van der Waals surface area contributed by atoms with Crippen LogP contribution < -0.4 is 20.7 Å². The molecule has 3 N–H and O–H groups in total. The van der Waals surface area contributed by atoms with Crippen molar-refractivity contribution in [3.8, 4) is 11.5 Å². The van der Waals surface area contributed by atoms with E-state index in [1.165, 1.54) is 12.8 Å². The third kappa shape index (κ3) is 3.53. The number of nitrogens with two attached hydrogens (primary N) is 1. The summed E-state index contributed by atoms with van der Waals surface area (Å²) in [5.41, 5.74) is 7.33. The Morgan fingerprint density at radius 2 is 1.84 bits per heavy atom. The van der Waals surface area contributed by atoms with E-state index in [1.807, 2.05) is 36.4 Å². The molecule has 0 radical (unpaired) electrons. The van der Waals surface area contributed by atoms with Crippen molar-refractivity contribution >= 4 is 5.69 Å². The fourth-order valence-electron chi connectivity index (χ4n) is 3.33. The van der Waals surface area contributed by atoms with Gasteiger partial charge in [0.2, 0.25) is 0 Å². The minimum Gasteiger partial charge on any atom is -0.457 e. The number of hydrogen-bond acceptors (Lipinski definition) is 6. The predicted octanol–water partition coefficient (Wildman–Crippen LogP) is 2.46. The van der Waals surface area contributed by atoms with Crippen molar-refractivity contribution in [3.63, 3.8) is 0 Å². The molecule has 0 spiro atoms. The highest BCUT2D eigenvalue weighted by atomic mass is 16.5. The molecule has 2 aliphatic heterocycles. The van der Waals surface area contributed by atoms with Gasteiger partial charge in [0.25, 0.3) is 0 Å². The van der Waals surface area contributed by atoms with Crippen LogP contribution in [0.5, 0.6) is 11.5 Å². The number of nitrogens with one attached hydrogen (secondary N) is 1. The molecule has 4 rings (SSSR count). The van der Waals surface area contributed by atoms with E-state index in [4.69, 9.17) is 10.5 Å². The Balaban J connectivity index is 1.42. The first-order valence-electron chi connectivity index (χ1n) is 8.69. The summed E-state index contributed by atoms with van der Waals surface area (Å²) in [5.74, 6) is 2.36. The highest BCUT2D eigenvalue weighted by Crippen LogP contribution is 2.28. The van der Waals surface area contributed by atoms with E-state index in [0.717, 1.165) is 42.8 Å². The van der Waals surface area contributed by atoms with Crippen molar-refractivity contribution < 1.29 is 4.74 Å². The number of rotatable bonds is 4. The molecule has 0 amide bonds. The van der Waals surface area contributed by atoms with Crippen LogP contribution in [0.2, 0.25) is 0 Å².